The zero-order valence-corrected chi connectivity index (χ0v) is 18.2. The Hall–Kier alpha value is -2.41. The van der Waals surface area contributed by atoms with Crippen molar-refractivity contribution in [2.24, 2.45) is 0 Å². The maximum atomic E-state index is 13.2. The molecule has 30 heavy (non-hydrogen) atoms. The molecule has 1 saturated heterocycles. The maximum Gasteiger partial charge on any atom is 0.259 e. The fourth-order valence-corrected chi connectivity index (χ4v) is 5.21. The van der Waals surface area contributed by atoms with Gasteiger partial charge in [0.25, 0.3) is 11.8 Å². The van der Waals surface area contributed by atoms with Crippen LogP contribution >= 0.6 is 11.3 Å². The van der Waals surface area contributed by atoms with Gasteiger partial charge in [0.05, 0.1) is 6.04 Å². The van der Waals surface area contributed by atoms with Gasteiger partial charge in [0.15, 0.2) is 0 Å². The van der Waals surface area contributed by atoms with Crippen molar-refractivity contribution in [3.63, 3.8) is 0 Å². The van der Waals surface area contributed by atoms with E-state index in [9.17, 15) is 14.4 Å². The summed E-state index contributed by atoms with van der Waals surface area (Å²) in [6, 6.07) is 3.94. The maximum absolute atomic E-state index is 13.2. The number of hydrogen-bond donors (Lipinski definition) is 1. The molecular formula is C23H29N3O3S. The third kappa shape index (κ3) is 4.36. The summed E-state index contributed by atoms with van der Waals surface area (Å²) in [7, 11) is 0. The van der Waals surface area contributed by atoms with Crippen LogP contribution < -0.4 is 10.7 Å². The number of amides is 2. The fraction of sp³-hybridized carbons (Fsp3) is 0.522. The molecule has 3 heterocycles. The van der Waals surface area contributed by atoms with E-state index in [2.05, 4.69) is 5.32 Å². The summed E-state index contributed by atoms with van der Waals surface area (Å²) >= 11 is 1.56. The SMILES string of the molecule is C[C@@H](NC(=O)c1cn(C2CCCC2)cc(C(=O)N2CCCCC2)c1=O)c1cccs1. The third-order valence-corrected chi connectivity index (χ3v) is 7.28. The number of carbonyl (C=O) groups is 2. The van der Waals surface area contributed by atoms with Crippen LogP contribution in [0.1, 0.15) is 89.5 Å². The molecule has 160 valence electrons. The minimum absolute atomic E-state index is 0.0631. The Balaban J connectivity index is 1.67. The molecule has 1 aliphatic carbocycles. The Kier molecular flexibility index (Phi) is 6.37. The number of nitrogens with one attached hydrogen (secondary N) is 1. The highest BCUT2D eigenvalue weighted by Crippen LogP contribution is 2.29. The van der Waals surface area contributed by atoms with Crippen molar-refractivity contribution in [1.29, 1.82) is 0 Å². The van der Waals surface area contributed by atoms with Crippen molar-refractivity contribution < 1.29 is 9.59 Å². The highest BCUT2D eigenvalue weighted by Gasteiger charge is 2.27. The lowest BCUT2D eigenvalue weighted by Gasteiger charge is -2.27. The van der Waals surface area contributed by atoms with Gasteiger partial charge < -0.3 is 14.8 Å². The van der Waals surface area contributed by atoms with E-state index in [1.54, 1.807) is 28.6 Å². The summed E-state index contributed by atoms with van der Waals surface area (Å²) in [6.45, 7) is 3.25. The Bertz CT molecular complexity index is 955. The summed E-state index contributed by atoms with van der Waals surface area (Å²) in [5, 5.41) is 4.90. The Labute approximate surface area is 180 Å². The van der Waals surface area contributed by atoms with Crippen LogP contribution in [-0.2, 0) is 0 Å². The average molecular weight is 428 g/mol. The van der Waals surface area contributed by atoms with Crippen molar-refractivity contribution in [2.75, 3.05) is 13.1 Å². The number of rotatable bonds is 5. The Morgan fingerprint density at radius 2 is 1.77 bits per heavy atom. The predicted molar refractivity (Wildman–Crippen MR) is 118 cm³/mol. The molecule has 2 aromatic rings. The van der Waals surface area contributed by atoms with Crippen LogP contribution in [0.4, 0.5) is 0 Å². The summed E-state index contributed by atoms with van der Waals surface area (Å²) in [4.78, 5) is 42.2. The fourth-order valence-electron chi connectivity index (χ4n) is 4.48. The lowest BCUT2D eigenvalue weighted by atomic mass is 10.1. The number of nitrogens with zero attached hydrogens (tertiary/aromatic N) is 2. The number of likely N-dealkylation sites (tertiary alicyclic amines) is 1. The van der Waals surface area contributed by atoms with E-state index in [0.717, 1.165) is 49.8 Å². The van der Waals surface area contributed by atoms with Gasteiger partial charge in [0, 0.05) is 36.4 Å². The van der Waals surface area contributed by atoms with Crippen LogP contribution in [0.2, 0.25) is 0 Å². The van der Waals surface area contributed by atoms with E-state index in [-0.39, 0.29) is 29.1 Å². The van der Waals surface area contributed by atoms with E-state index in [4.69, 9.17) is 0 Å². The molecule has 2 fully saturated rings. The van der Waals surface area contributed by atoms with Gasteiger partial charge in [-0.2, -0.15) is 0 Å². The van der Waals surface area contributed by atoms with E-state index in [1.165, 1.54) is 0 Å². The molecule has 2 amide bonds. The second kappa shape index (κ2) is 9.16. The lowest BCUT2D eigenvalue weighted by Crippen LogP contribution is -2.40. The second-order valence-corrected chi connectivity index (χ2v) is 9.34. The number of carbonyl (C=O) groups excluding carboxylic acids is 2. The first-order valence-electron chi connectivity index (χ1n) is 10.9. The average Bonchev–Trinajstić information content (AvgIpc) is 3.48. The number of aromatic nitrogens is 1. The minimum Gasteiger partial charge on any atom is -0.349 e. The van der Waals surface area contributed by atoms with Gasteiger partial charge in [0.1, 0.15) is 11.1 Å². The molecule has 6 nitrogen and oxygen atoms in total. The van der Waals surface area contributed by atoms with Gasteiger partial charge in [-0.25, -0.2) is 0 Å². The van der Waals surface area contributed by atoms with Gasteiger partial charge in [-0.1, -0.05) is 18.9 Å². The van der Waals surface area contributed by atoms with Crippen LogP contribution in [0, 0.1) is 0 Å². The van der Waals surface area contributed by atoms with Crippen molar-refractivity contribution in [3.05, 3.63) is 56.1 Å². The van der Waals surface area contributed by atoms with E-state index in [0.29, 0.717) is 13.1 Å². The number of hydrogen-bond acceptors (Lipinski definition) is 4. The number of piperidine rings is 1. The van der Waals surface area contributed by atoms with Gasteiger partial charge in [0.2, 0.25) is 5.43 Å². The molecule has 0 bridgehead atoms. The third-order valence-electron chi connectivity index (χ3n) is 6.23. The molecule has 0 spiro atoms. The van der Waals surface area contributed by atoms with E-state index in [1.807, 2.05) is 29.0 Å². The first kappa shape index (κ1) is 20.8. The molecule has 2 aliphatic rings. The number of pyridine rings is 1. The van der Waals surface area contributed by atoms with Gasteiger partial charge in [-0.05, 0) is 50.5 Å². The highest BCUT2D eigenvalue weighted by atomic mass is 32.1. The zero-order chi connectivity index (χ0) is 21.1. The summed E-state index contributed by atoms with van der Waals surface area (Å²) in [5.41, 5.74) is -0.274. The van der Waals surface area contributed by atoms with Crippen molar-refractivity contribution in [1.82, 2.24) is 14.8 Å². The molecule has 0 unspecified atom stereocenters. The molecule has 0 radical (unpaired) electrons. The van der Waals surface area contributed by atoms with Crippen molar-refractivity contribution in [2.45, 2.75) is 64.0 Å². The lowest BCUT2D eigenvalue weighted by molar-refractivity contribution is 0.0722. The van der Waals surface area contributed by atoms with Crippen LogP contribution in [-0.4, -0.2) is 34.4 Å². The minimum atomic E-state index is -0.462. The molecular weight excluding hydrogens is 398 g/mol. The van der Waals surface area contributed by atoms with Crippen LogP contribution in [0.25, 0.3) is 0 Å². The van der Waals surface area contributed by atoms with Gasteiger partial charge in [-0.15, -0.1) is 11.3 Å². The zero-order valence-electron chi connectivity index (χ0n) is 17.4. The molecule has 1 aliphatic heterocycles. The standard InChI is InChI=1S/C23H29N3O3S/c1-16(20-10-7-13-30-20)24-22(28)18-14-26(17-8-3-4-9-17)15-19(21(18)27)23(29)25-11-5-2-6-12-25/h7,10,13-17H,2-6,8-9,11-12H2,1H3,(H,24,28)/t16-/m1/s1. The molecule has 2 aromatic heterocycles. The normalized spacial score (nSPS) is 18.4. The second-order valence-electron chi connectivity index (χ2n) is 8.36. The molecule has 0 aromatic carbocycles. The summed E-state index contributed by atoms with van der Waals surface area (Å²) in [5.74, 6) is -0.659. The van der Waals surface area contributed by atoms with Crippen LogP contribution in [0.15, 0.2) is 34.7 Å². The Morgan fingerprint density at radius 3 is 2.43 bits per heavy atom. The first-order valence-corrected chi connectivity index (χ1v) is 11.8. The molecule has 7 heteroatoms. The first-order chi connectivity index (χ1) is 14.5. The topological polar surface area (TPSA) is 71.4 Å². The summed E-state index contributed by atoms with van der Waals surface area (Å²) in [6.07, 6.45) is 10.6. The largest absolute Gasteiger partial charge is 0.349 e. The quantitative estimate of drug-likeness (QED) is 0.779. The predicted octanol–water partition coefficient (Wildman–Crippen LogP) is 4.14. The van der Waals surface area contributed by atoms with Gasteiger partial charge >= 0.3 is 0 Å². The highest BCUT2D eigenvalue weighted by molar-refractivity contribution is 7.10. The Morgan fingerprint density at radius 1 is 1.07 bits per heavy atom. The van der Waals surface area contributed by atoms with E-state index >= 15 is 0 Å². The van der Waals surface area contributed by atoms with Crippen molar-refractivity contribution in [3.8, 4) is 0 Å². The van der Waals surface area contributed by atoms with Crippen LogP contribution in [0.3, 0.4) is 0 Å². The molecule has 4 rings (SSSR count). The van der Waals surface area contributed by atoms with E-state index < -0.39 is 11.3 Å². The van der Waals surface area contributed by atoms with Crippen LogP contribution in [0.5, 0.6) is 0 Å². The van der Waals surface area contributed by atoms with Gasteiger partial charge in [-0.3, -0.25) is 14.4 Å². The summed E-state index contributed by atoms with van der Waals surface area (Å²) < 4.78 is 1.94. The number of thiophene rings is 1. The smallest absolute Gasteiger partial charge is 0.259 e. The molecule has 1 atom stereocenters. The molecule has 1 N–H and O–H groups in total. The van der Waals surface area contributed by atoms with Crippen molar-refractivity contribution >= 4 is 23.2 Å². The molecule has 1 saturated carbocycles. The monoisotopic (exact) mass is 427 g/mol.